The summed E-state index contributed by atoms with van der Waals surface area (Å²) >= 11 is 0. The number of fused-ring (bicyclic) bond motifs is 13. The van der Waals surface area contributed by atoms with Crippen molar-refractivity contribution in [2.24, 2.45) is 82.3 Å². The van der Waals surface area contributed by atoms with Gasteiger partial charge in [-0.1, -0.05) is 28.2 Å². The molecule has 12 unspecified atom stereocenters. The van der Waals surface area contributed by atoms with Crippen LogP contribution in [0.2, 0.25) is 0 Å². The zero-order chi connectivity index (χ0) is 27.9. The molecule has 0 spiro atoms. The van der Waals surface area contributed by atoms with Crippen molar-refractivity contribution in [2.75, 3.05) is 13.2 Å². The fourth-order valence-electron chi connectivity index (χ4n) is 11.7. The number of carbonyl (C=O) groups excluding carboxylic acids is 3. The summed E-state index contributed by atoms with van der Waals surface area (Å²) in [5.74, 6) is 9.76. The van der Waals surface area contributed by atoms with Gasteiger partial charge in [-0.05, 0) is 130 Å². The Kier molecular flexibility index (Phi) is 7.80. The molecule has 8 bridgehead atoms. The molecule has 10 rings (SSSR count). The highest BCUT2D eigenvalue weighted by atomic mass is 16.5. The Labute approximate surface area is 247 Å². The van der Waals surface area contributed by atoms with Crippen LogP contribution in [0.25, 0.3) is 0 Å². The van der Waals surface area contributed by atoms with E-state index in [1.54, 1.807) is 0 Å². The number of ether oxygens (including phenoxy) is 3. The molecule has 230 valence electrons. The fourth-order valence-corrected chi connectivity index (χ4v) is 11.7. The van der Waals surface area contributed by atoms with E-state index in [-0.39, 0.29) is 42.8 Å². The Morgan fingerprint density at radius 1 is 0.780 bits per heavy atom. The van der Waals surface area contributed by atoms with Crippen LogP contribution in [-0.2, 0) is 28.6 Å². The number of hydrogen-bond donors (Lipinski definition) is 0. The molecule has 6 aliphatic carbocycles. The number of esters is 3. The summed E-state index contributed by atoms with van der Waals surface area (Å²) in [5, 5.41) is 0. The summed E-state index contributed by atoms with van der Waals surface area (Å²) in [4.78, 5) is 34.7. The van der Waals surface area contributed by atoms with Crippen molar-refractivity contribution >= 4 is 17.9 Å². The van der Waals surface area contributed by atoms with Gasteiger partial charge in [0.05, 0.1) is 30.5 Å². The first-order valence-corrected chi connectivity index (χ1v) is 16.7. The topological polar surface area (TPSA) is 78.9 Å². The molecule has 4 saturated heterocycles. The van der Waals surface area contributed by atoms with Crippen molar-refractivity contribution < 1.29 is 28.6 Å². The van der Waals surface area contributed by atoms with E-state index in [4.69, 9.17) is 14.2 Å². The second-order valence-corrected chi connectivity index (χ2v) is 15.9. The first kappa shape index (κ1) is 29.5. The Balaban J connectivity index is 0.000000113. The average molecular weight is 571 g/mol. The predicted octanol–water partition coefficient (Wildman–Crippen LogP) is 6.69. The fraction of sp³-hybridized carbons (Fsp3) is 0.914. The van der Waals surface area contributed by atoms with E-state index in [0.29, 0.717) is 30.3 Å². The highest BCUT2D eigenvalue weighted by Crippen LogP contribution is 2.72. The molecule has 10 fully saturated rings. The number of carbonyl (C=O) groups is 3. The third-order valence-corrected chi connectivity index (χ3v) is 13.7. The summed E-state index contributed by atoms with van der Waals surface area (Å²) in [6.45, 7) is 9.96. The van der Waals surface area contributed by atoms with Crippen molar-refractivity contribution in [1.82, 2.24) is 0 Å². The van der Waals surface area contributed by atoms with Crippen molar-refractivity contribution in [2.45, 2.75) is 105 Å². The van der Waals surface area contributed by atoms with Crippen LogP contribution in [0.5, 0.6) is 0 Å². The van der Waals surface area contributed by atoms with Gasteiger partial charge in [-0.3, -0.25) is 14.4 Å². The Hall–Kier alpha value is -1.59. The number of rotatable bonds is 1. The van der Waals surface area contributed by atoms with Crippen LogP contribution in [0.15, 0.2) is 0 Å². The molecule has 0 aromatic carbocycles. The van der Waals surface area contributed by atoms with Gasteiger partial charge in [-0.15, -0.1) is 0 Å². The second-order valence-electron chi connectivity index (χ2n) is 15.9. The minimum atomic E-state index is -0.224. The van der Waals surface area contributed by atoms with Gasteiger partial charge in [0.1, 0.15) is 6.10 Å². The summed E-state index contributed by atoms with van der Waals surface area (Å²) in [5.41, 5.74) is -0.224. The smallest absolute Gasteiger partial charge is 0.312 e. The first-order valence-electron chi connectivity index (χ1n) is 16.7. The van der Waals surface area contributed by atoms with Crippen molar-refractivity contribution in [3.05, 3.63) is 0 Å². The zero-order valence-corrected chi connectivity index (χ0v) is 25.0. The number of hydrogen-bond acceptors (Lipinski definition) is 6. The van der Waals surface area contributed by atoms with E-state index in [1.165, 1.54) is 25.7 Å². The lowest BCUT2D eigenvalue weighted by Gasteiger charge is -2.41. The van der Waals surface area contributed by atoms with Gasteiger partial charge in [0, 0.05) is 5.92 Å². The van der Waals surface area contributed by atoms with Gasteiger partial charge < -0.3 is 14.2 Å². The van der Waals surface area contributed by atoms with Gasteiger partial charge in [0.2, 0.25) is 0 Å². The third-order valence-electron chi connectivity index (χ3n) is 13.7. The van der Waals surface area contributed by atoms with Gasteiger partial charge in [-0.25, -0.2) is 0 Å². The van der Waals surface area contributed by atoms with Gasteiger partial charge in [0.25, 0.3) is 0 Å². The van der Waals surface area contributed by atoms with E-state index in [9.17, 15) is 14.4 Å². The molecule has 12 atom stereocenters. The molecular formula is C35H54O6. The minimum Gasteiger partial charge on any atom is -0.465 e. The van der Waals surface area contributed by atoms with Crippen LogP contribution in [0.4, 0.5) is 0 Å². The van der Waals surface area contributed by atoms with E-state index in [1.807, 2.05) is 6.92 Å². The lowest BCUT2D eigenvalue weighted by molar-refractivity contribution is -0.164. The normalized spacial score (nSPS) is 50.9. The Bertz CT molecular complexity index is 1020. The summed E-state index contributed by atoms with van der Waals surface area (Å²) in [7, 11) is 0. The summed E-state index contributed by atoms with van der Waals surface area (Å²) in [6.07, 6.45) is 12.5. The first-order chi connectivity index (χ1) is 19.1. The summed E-state index contributed by atoms with van der Waals surface area (Å²) < 4.78 is 15.8. The standard InChI is InChI=1S/C15H20O2.C10H14O2.C9H16O2.CH4/c1-6-2-7-3-8(6)13-10-4-9(12(7)13)11-5-17-15(16)14(10)11;11-10-8-2-6-1-7(3-8)5-9(4-6)12-10;1-7(2)9(3)5-4-6-11-8(9)10;/h6-14H,2-5H2,1H3;6-9H,1-5H2;7H,4-6H2,1-3H3;1H4. The summed E-state index contributed by atoms with van der Waals surface area (Å²) in [6, 6.07) is 0. The zero-order valence-electron chi connectivity index (χ0n) is 25.0. The number of cyclic esters (lactones) is 2. The maximum atomic E-state index is 11.9. The molecule has 0 aromatic heterocycles. The molecule has 0 N–H and O–H groups in total. The Morgan fingerprint density at radius 3 is 2.17 bits per heavy atom. The monoisotopic (exact) mass is 570 g/mol. The van der Waals surface area contributed by atoms with Gasteiger partial charge in [0.15, 0.2) is 0 Å². The highest BCUT2D eigenvalue weighted by Gasteiger charge is 2.69. The van der Waals surface area contributed by atoms with Crippen LogP contribution in [0.1, 0.15) is 99.3 Å². The highest BCUT2D eigenvalue weighted by molar-refractivity contribution is 5.77. The van der Waals surface area contributed by atoms with Gasteiger partial charge >= 0.3 is 17.9 Å². The van der Waals surface area contributed by atoms with E-state index < -0.39 is 0 Å². The largest absolute Gasteiger partial charge is 0.465 e. The van der Waals surface area contributed by atoms with Crippen LogP contribution in [0, 0.1) is 82.3 Å². The molecule has 0 amide bonds. The molecule has 41 heavy (non-hydrogen) atoms. The minimum absolute atomic E-state index is 0. The van der Waals surface area contributed by atoms with Crippen molar-refractivity contribution in [1.29, 1.82) is 0 Å². The molecule has 6 saturated carbocycles. The Morgan fingerprint density at radius 2 is 1.51 bits per heavy atom. The SMILES string of the molecule is C.CC(C)C1(C)CCCOC1=O.CC1CC2CC1C1C3CC(C4COC(=O)C43)C21.O=C1OC2CC3CC(C2)CC1C3. The van der Waals surface area contributed by atoms with Crippen LogP contribution in [0.3, 0.4) is 0 Å². The quantitative estimate of drug-likeness (QED) is 0.198. The maximum absolute atomic E-state index is 11.9. The molecule has 10 aliphatic rings. The van der Waals surface area contributed by atoms with Crippen molar-refractivity contribution in [3.63, 3.8) is 0 Å². The van der Waals surface area contributed by atoms with Gasteiger partial charge in [-0.2, -0.15) is 0 Å². The molecule has 0 radical (unpaired) electrons. The second kappa shape index (κ2) is 10.8. The molecule has 6 heteroatoms. The van der Waals surface area contributed by atoms with Crippen molar-refractivity contribution in [3.8, 4) is 0 Å². The van der Waals surface area contributed by atoms with E-state index in [0.717, 1.165) is 92.5 Å². The van der Waals surface area contributed by atoms with Crippen LogP contribution in [-0.4, -0.2) is 37.2 Å². The molecule has 0 aromatic rings. The predicted molar refractivity (Wildman–Crippen MR) is 155 cm³/mol. The average Bonchev–Trinajstić information content (AvgIpc) is 3.70. The lowest BCUT2D eigenvalue weighted by atomic mass is 9.62. The molecule has 6 nitrogen and oxygen atoms in total. The molecule has 4 heterocycles. The van der Waals surface area contributed by atoms with Crippen LogP contribution >= 0.6 is 0 Å². The van der Waals surface area contributed by atoms with E-state index >= 15 is 0 Å². The molecule has 4 aliphatic heterocycles. The molecular weight excluding hydrogens is 516 g/mol. The third kappa shape index (κ3) is 4.76. The van der Waals surface area contributed by atoms with Crippen LogP contribution < -0.4 is 0 Å². The van der Waals surface area contributed by atoms with E-state index in [2.05, 4.69) is 20.8 Å². The maximum Gasteiger partial charge on any atom is 0.312 e. The lowest BCUT2D eigenvalue weighted by Crippen LogP contribution is -2.40.